The molecule has 1 spiro atoms. The number of hydrogen-bond acceptors (Lipinski definition) is 2. The average molecular weight is 259 g/mol. The van der Waals surface area contributed by atoms with Crippen molar-refractivity contribution < 1.29 is 14.6 Å². The lowest BCUT2D eigenvalue weighted by Crippen LogP contribution is -2.28. The Labute approximate surface area is 112 Å². The van der Waals surface area contributed by atoms with Gasteiger partial charge in [0.1, 0.15) is 11.7 Å². The largest absolute Gasteiger partial charge is 0.465 e. The van der Waals surface area contributed by atoms with E-state index < -0.39 is 6.09 Å². The number of hydrogen-bond donors (Lipinski definition) is 1. The first kappa shape index (κ1) is 11.3. The number of epoxide rings is 1. The van der Waals surface area contributed by atoms with E-state index in [1.807, 2.05) is 18.2 Å². The van der Waals surface area contributed by atoms with E-state index in [1.54, 1.807) is 4.90 Å². The molecule has 1 aliphatic carbocycles. The van der Waals surface area contributed by atoms with Crippen molar-refractivity contribution in [2.45, 2.75) is 24.5 Å². The zero-order valence-electron chi connectivity index (χ0n) is 10.7. The van der Waals surface area contributed by atoms with Crippen LogP contribution in [-0.2, 0) is 4.74 Å². The minimum atomic E-state index is -0.778. The Morgan fingerprint density at radius 1 is 1.21 bits per heavy atom. The predicted octanol–water partition coefficient (Wildman–Crippen LogP) is 2.52. The highest BCUT2D eigenvalue weighted by molar-refractivity contribution is 5.65. The lowest BCUT2D eigenvalue weighted by molar-refractivity contribution is 0.149. The molecule has 0 bridgehead atoms. The number of carbonyl (C=O) groups is 1. The predicted molar refractivity (Wildman–Crippen MR) is 68.8 cm³/mol. The van der Waals surface area contributed by atoms with Gasteiger partial charge in [-0.3, -0.25) is 0 Å². The summed E-state index contributed by atoms with van der Waals surface area (Å²) in [6.45, 7) is 1.37. The van der Waals surface area contributed by atoms with Gasteiger partial charge in [0, 0.05) is 13.1 Å². The summed E-state index contributed by atoms with van der Waals surface area (Å²) in [6.07, 6.45) is 1.49. The summed E-state index contributed by atoms with van der Waals surface area (Å²) in [4.78, 5) is 12.5. The highest BCUT2D eigenvalue weighted by Gasteiger charge is 2.64. The number of likely N-dealkylation sites (tertiary alicyclic amines) is 1. The maximum Gasteiger partial charge on any atom is 0.407 e. The van der Waals surface area contributed by atoms with Crippen LogP contribution in [0, 0.1) is 11.8 Å². The van der Waals surface area contributed by atoms with Crippen LogP contribution < -0.4 is 0 Å². The molecule has 1 aromatic rings. The van der Waals surface area contributed by atoms with Crippen molar-refractivity contribution >= 4 is 6.09 Å². The Hall–Kier alpha value is -1.55. The van der Waals surface area contributed by atoms with Gasteiger partial charge in [0.2, 0.25) is 0 Å². The van der Waals surface area contributed by atoms with E-state index >= 15 is 0 Å². The van der Waals surface area contributed by atoms with Gasteiger partial charge in [-0.25, -0.2) is 4.79 Å². The molecular formula is C15H17NO3. The van der Waals surface area contributed by atoms with Crippen molar-refractivity contribution in [1.29, 1.82) is 0 Å². The van der Waals surface area contributed by atoms with Gasteiger partial charge < -0.3 is 14.7 Å². The number of amides is 1. The Morgan fingerprint density at radius 2 is 1.84 bits per heavy atom. The van der Waals surface area contributed by atoms with E-state index in [0.29, 0.717) is 24.9 Å². The van der Waals surface area contributed by atoms with Gasteiger partial charge in [-0.1, -0.05) is 30.3 Å². The molecule has 19 heavy (non-hydrogen) atoms. The Kier molecular flexibility index (Phi) is 2.22. The minimum Gasteiger partial charge on any atom is -0.465 e. The summed E-state index contributed by atoms with van der Waals surface area (Å²) < 4.78 is 6.02. The lowest BCUT2D eigenvalue weighted by Gasteiger charge is -2.14. The maximum absolute atomic E-state index is 11.0. The molecular weight excluding hydrogens is 242 g/mol. The van der Waals surface area contributed by atoms with Crippen LogP contribution in [0.4, 0.5) is 4.79 Å². The highest BCUT2D eigenvalue weighted by Crippen LogP contribution is 2.63. The summed E-state index contributed by atoms with van der Waals surface area (Å²) in [5.41, 5.74) is 1.28. The molecule has 1 N–H and O–H groups in total. The van der Waals surface area contributed by atoms with Crippen molar-refractivity contribution in [3.8, 4) is 0 Å². The third kappa shape index (κ3) is 1.66. The van der Waals surface area contributed by atoms with Gasteiger partial charge in [0.05, 0.1) is 0 Å². The number of rotatable bonds is 1. The zero-order valence-corrected chi connectivity index (χ0v) is 10.7. The van der Waals surface area contributed by atoms with Gasteiger partial charge in [-0.15, -0.1) is 0 Å². The zero-order chi connectivity index (χ0) is 13.0. The fraction of sp³-hybridized carbons (Fsp3) is 0.533. The molecule has 2 aliphatic heterocycles. The topological polar surface area (TPSA) is 53.1 Å². The second-order valence-electron chi connectivity index (χ2n) is 6.09. The van der Waals surface area contributed by atoms with Gasteiger partial charge in [-0.2, -0.15) is 0 Å². The summed E-state index contributed by atoms with van der Waals surface area (Å²) in [7, 11) is 0. The third-order valence-corrected chi connectivity index (χ3v) is 4.94. The number of benzene rings is 1. The van der Waals surface area contributed by atoms with E-state index in [1.165, 1.54) is 5.56 Å². The van der Waals surface area contributed by atoms with Crippen LogP contribution in [0.2, 0.25) is 0 Å². The fourth-order valence-electron chi connectivity index (χ4n) is 4.04. The van der Waals surface area contributed by atoms with Crippen LogP contribution >= 0.6 is 0 Å². The van der Waals surface area contributed by atoms with Gasteiger partial charge in [0.25, 0.3) is 0 Å². The first-order chi connectivity index (χ1) is 9.18. The molecule has 1 saturated carbocycles. The van der Waals surface area contributed by atoms with E-state index in [9.17, 15) is 4.79 Å². The Balaban J connectivity index is 1.47. The second-order valence-corrected chi connectivity index (χ2v) is 6.09. The van der Waals surface area contributed by atoms with Crippen LogP contribution in [0.25, 0.3) is 0 Å². The molecule has 4 heteroatoms. The molecule has 3 unspecified atom stereocenters. The average Bonchev–Trinajstić information content (AvgIpc) is 2.76. The molecule has 3 aliphatic rings. The van der Waals surface area contributed by atoms with E-state index in [-0.39, 0.29) is 11.7 Å². The van der Waals surface area contributed by atoms with Crippen LogP contribution in [0.3, 0.4) is 0 Å². The fourth-order valence-corrected chi connectivity index (χ4v) is 4.04. The Bertz CT molecular complexity index is 501. The molecule has 3 atom stereocenters. The summed E-state index contributed by atoms with van der Waals surface area (Å²) in [5, 5.41) is 9.04. The third-order valence-electron chi connectivity index (χ3n) is 4.94. The molecule has 1 aromatic carbocycles. The van der Waals surface area contributed by atoms with Crippen LogP contribution in [0.15, 0.2) is 30.3 Å². The molecule has 0 aromatic heterocycles. The van der Waals surface area contributed by atoms with E-state index in [0.717, 1.165) is 12.8 Å². The summed E-state index contributed by atoms with van der Waals surface area (Å²) in [5.74, 6) is 0.981. The SMILES string of the molecule is O=C(O)N1CC2CC3(CC2C1)OC3c1ccccc1. The summed E-state index contributed by atoms with van der Waals surface area (Å²) >= 11 is 0. The lowest BCUT2D eigenvalue weighted by atomic mass is 9.96. The molecule has 4 nitrogen and oxygen atoms in total. The normalized spacial score (nSPS) is 39.6. The van der Waals surface area contributed by atoms with Crippen molar-refractivity contribution in [3.63, 3.8) is 0 Å². The molecule has 1 amide bonds. The van der Waals surface area contributed by atoms with Crippen molar-refractivity contribution in [2.24, 2.45) is 11.8 Å². The van der Waals surface area contributed by atoms with Gasteiger partial charge in [0.15, 0.2) is 0 Å². The van der Waals surface area contributed by atoms with E-state index in [4.69, 9.17) is 9.84 Å². The molecule has 4 rings (SSSR count). The number of ether oxygens (including phenoxy) is 1. The molecule has 2 saturated heterocycles. The molecule has 2 heterocycles. The van der Waals surface area contributed by atoms with E-state index in [2.05, 4.69) is 12.1 Å². The minimum absolute atomic E-state index is 0.0152. The van der Waals surface area contributed by atoms with Crippen LogP contribution in [0.5, 0.6) is 0 Å². The van der Waals surface area contributed by atoms with Crippen molar-refractivity contribution in [1.82, 2.24) is 4.90 Å². The quantitative estimate of drug-likeness (QED) is 0.788. The second kappa shape index (κ2) is 3.73. The van der Waals surface area contributed by atoms with Crippen LogP contribution in [-0.4, -0.2) is 34.8 Å². The number of carboxylic acid groups (broad SMARTS) is 1. The first-order valence-corrected chi connectivity index (χ1v) is 6.89. The standard InChI is InChI=1S/C15H17NO3/c17-14(18)16-8-11-6-15(7-12(11)9-16)13(19-15)10-4-2-1-3-5-10/h1-5,11-13H,6-9H2,(H,17,18). The molecule has 3 fully saturated rings. The van der Waals surface area contributed by atoms with Gasteiger partial charge >= 0.3 is 6.09 Å². The number of nitrogens with zero attached hydrogens (tertiary/aromatic N) is 1. The first-order valence-electron chi connectivity index (χ1n) is 6.89. The van der Waals surface area contributed by atoms with Crippen molar-refractivity contribution in [2.75, 3.05) is 13.1 Å². The maximum atomic E-state index is 11.0. The highest BCUT2D eigenvalue weighted by atomic mass is 16.6. The number of fused-ring (bicyclic) bond motifs is 1. The summed E-state index contributed by atoms with van der Waals surface area (Å²) in [6, 6.07) is 10.4. The molecule has 100 valence electrons. The van der Waals surface area contributed by atoms with Crippen LogP contribution in [0.1, 0.15) is 24.5 Å². The monoisotopic (exact) mass is 259 g/mol. The van der Waals surface area contributed by atoms with Gasteiger partial charge in [-0.05, 0) is 30.2 Å². The van der Waals surface area contributed by atoms with Crippen molar-refractivity contribution in [3.05, 3.63) is 35.9 Å². The molecule has 0 radical (unpaired) electrons. The Morgan fingerprint density at radius 3 is 2.42 bits per heavy atom. The smallest absolute Gasteiger partial charge is 0.407 e.